The van der Waals surface area contributed by atoms with E-state index in [9.17, 15) is 18.0 Å². The third kappa shape index (κ3) is 6.39. The lowest BCUT2D eigenvalue weighted by molar-refractivity contribution is -0.204. The summed E-state index contributed by atoms with van der Waals surface area (Å²) in [6.45, 7) is 3.24. The Hall–Kier alpha value is -0.780. The molecule has 13 heavy (non-hydrogen) atoms. The van der Waals surface area contributed by atoms with Crippen LogP contribution in [0, 0.1) is 0 Å². The Morgan fingerprint density at radius 1 is 1.46 bits per heavy atom. The fourth-order valence-corrected chi connectivity index (χ4v) is 0.715. The van der Waals surface area contributed by atoms with Gasteiger partial charge in [0, 0.05) is 0 Å². The van der Waals surface area contributed by atoms with Crippen LogP contribution in [0.1, 0.15) is 26.7 Å². The summed E-state index contributed by atoms with van der Waals surface area (Å²) < 4.78 is 38.8. The fourth-order valence-electron chi connectivity index (χ4n) is 0.715. The minimum absolute atomic E-state index is 0. The highest BCUT2D eigenvalue weighted by Crippen LogP contribution is 2.18. The molecule has 0 aromatic carbocycles. The largest absolute Gasteiger partial charge is 0.490 e. The van der Waals surface area contributed by atoms with Gasteiger partial charge in [0.05, 0.1) is 6.10 Å². The number of alkyl halides is 3. The molecule has 0 aromatic heterocycles. The molecular weight excluding hydrogens is 187 g/mol. The van der Waals surface area contributed by atoms with Crippen LogP contribution in [0.4, 0.5) is 13.2 Å². The predicted octanol–water partition coefficient (Wildman–Crippen LogP) is 2.44. The molecule has 0 aliphatic heterocycles. The van der Waals surface area contributed by atoms with Crippen molar-refractivity contribution >= 4 is 5.97 Å². The predicted molar refractivity (Wildman–Crippen MR) is 41.5 cm³/mol. The summed E-state index contributed by atoms with van der Waals surface area (Å²) in [7, 11) is 0. The highest BCUT2D eigenvalue weighted by molar-refractivity contribution is 5.75. The molecule has 0 rings (SSSR count). The number of halogens is 3. The maximum absolute atomic E-state index is 11.6. The SMILES string of the molecule is CCCC(C)OC(=O)C(F)(F)F.N. The van der Waals surface area contributed by atoms with Gasteiger partial charge in [-0.1, -0.05) is 13.3 Å². The monoisotopic (exact) mass is 201 g/mol. The Morgan fingerprint density at radius 3 is 2.23 bits per heavy atom. The number of ether oxygens (including phenoxy) is 1. The van der Waals surface area contributed by atoms with Gasteiger partial charge in [-0.25, -0.2) is 4.79 Å². The van der Waals surface area contributed by atoms with Crippen molar-refractivity contribution in [2.24, 2.45) is 0 Å². The van der Waals surface area contributed by atoms with Crippen LogP contribution in [-0.2, 0) is 9.53 Å². The summed E-state index contributed by atoms with van der Waals surface area (Å²) in [6.07, 6.45) is -4.40. The second-order valence-corrected chi connectivity index (χ2v) is 2.50. The number of carbonyl (C=O) groups is 1. The number of esters is 1. The van der Waals surface area contributed by atoms with Crippen molar-refractivity contribution in [3.8, 4) is 0 Å². The van der Waals surface area contributed by atoms with E-state index in [1.807, 2.05) is 0 Å². The van der Waals surface area contributed by atoms with Crippen LogP contribution in [0.15, 0.2) is 0 Å². The van der Waals surface area contributed by atoms with E-state index in [0.29, 0.717) is 12.8 Å². The van der Waals surface area contributed by atoms with E-state index in [1.165, 1.54) is 6.92 Å². The molecule has 1 atom stereocenters. The molecule has 0 heterocycles. The molecule has 0 saturated carbocycles. The second-order valence-electron chi connectivity index (χ2n) is 2.50. The molecule has 1 unspecified atom stereocenters. The summed E-state index contributed by atoms with van der Waals surface area (Å²) in [6, 6.07) is 0. The summed E-state index contributed by atoms with van der Waals surface area (Å²) in [5.41, 5.74) is 0. The van der Waals surface area contributed by atoms with Crippen molar-refractivity contribution in [1.82, 2.24) is 6.15 Å². The molecule has 6 heteroatoms. The molecule has 3 N–H and O–H groups in total. The summed E-state index contributed by atoms with van der Waals surface area (Å²) in [5.74, 6) is -2.11. The molecular formula is C7H14F3NO2. The number of hydrogen-bond acceptors (Lipinski definition) is 3. The number of rotatable bonds is 3. The first-order valence-corrected chi connectivity index (χ1v) is 3.65. The van der Waals surface area contributed by atoms with Gasteiger partial charge in [-0.3, -0.25) is 0 Å². The Morgan fingerprint density at radius 2 is 1.92 bits per heavy atom. The van der Waals surface area contributed by atoms with Crippen LogP contribution in [-0.4, -0.2) is 18.2 Å². The normalized spacial score (nSPS) is 13.0. The van der Waals surface area contributed by atoms with Crippen molar-refractivity contribution in [3.05, 3.63) is 0 Å². The van der Waals surface area contributed by atoms with Crippen molar-refractivity contribution < 1.29 is 22.7 Å². The lowest BCUT2D eigenvalue weighted by atomic mass is 10.2. The van der Waals surface area contributed by atoms with E-state index >= 15 is 0 Å². The van der Waals surface area contributed by atoms with Crippen LogP contribution in [0.2, 0.25) is 0 Å². The molecule has 0 saturated heterocycles. The van der Waals surface area contributed by atoms with E-state index in [4.69, 9.17) is 0 Å². The molecule has 0 spiro atoms. The third-order valence-corrected chi connectivity index (χ3v) is 1.23. The number of hydrogen-bond donors (Lipinski definition) is 1. The van der Waals surface area contributed by atoms with Crippen molar-refractivity contribution in [2.45, 2.75) is 39.0 Å². The molecule has 3 nitrogen and oxygen atoms in total. The van der Waals surface area contributed by atoms with Gasteiger partial charge >= 0.3 is 12.1 Å². The van der Waals surface area contributed by atoms with Crippen LogP contribution in [0.3, 0.4) is 0 Å². The van der Waals surface area contributed by atoms with Crippen LogP contribution in [0.25, 0.3) is 0 Å². The molecule has 0 aromatic rings. The minimum Gasteiger partial charge on any atom is -0.456 e. The Labute approximate surface area is 74.8 Å². The molecule has 0 radical (unpaired) electrons. The average Bonchev–Trinajstić information content (AvgIpc) is 1.85. The van der Waals surface area contributed by atoms with Crippen LogP contribution < -0.4 is 6.15 Å². The van der Waals surface area contributed by atoms with Gasteiger partial charge in [0.15, 0.2) is 0 Å². The zero-order valence-corrected chi connectivity index (χ0v) is 7.65. The quantitative estimate of drug-likeness (QED) is 0.713. The maximum atomic E-state index is 11.6. The minimum atomic E-state index is -4.87. The highest BCUT2D eigenvalue weighted by atomic mass is 19.4. The Balaban J connectivity index is 0. The van der Waals surface area contributed by atoms with Crippen LogP contribution >= 0.6 is 0 Å². The van der Waals surface area contributed by atoms with E-state index in [2.05, 4.69) is 4.74 Å². The van der Waals surface area contributed by atoms with Gasteiger partial charge in [0.1, 0.15) is 0 Å². The summed E-state index contributed by atoms with van der Waals surface area (Å²) in [4.78, 5) is 10.2. The average molecular weight is 201 g/mol. The van der Waals surface area contributed by atoms with Gasteiger partial charge < -0.3 is 10.9 Å². The number of carbonyl (C=O) groups excluding carboxylic acids is 1. The Bertz CT molecular complexity index is 158. The molecule has 0 bridgehead atoms. The fraction of sp³-hybridized carbons (Fsp3) is 0.857. The van der Waals surface area contributed by atoms with Gasteiger partial charge in [-0.15, -0.1) is 0 Å². The molecule has 0 aliphatic rings. The van der Waals surface area contributed by atoms with E-state index in [0.717, 1.165) is 0 Å². The first kappa shape index (κ1) is 14.7. The molecule has 80 valence electrons. The maximum Gasteiger partial charge on any atom is 0.490 e. The van der Waals surface area contributed by atoms with E-state index < -0.39 is 18.2 Å². The van der Waals surface area contributed by atoms with E-state index in [1.54, 1.807) is 6.92 Å². The summed E-state index contributed by atoms with van der Waals surface area (Å²) in [5, 5.41) is 0. The van der Waals surface area contributed by atoms with Gasteiger partial charge in [-0.2, -0.15) is 13.2 Å². The molecule has 0 amide bonds. The first-order valence-electron chi connectivity index (χ1n) is 3.65. The zero-order chi connectivity index (χ0) is 9.78. The molecule has 0 aliphatic carbocycles. The van der Waals surface area contributed by atoms with Crippen LogP contribution in [0.5, 0.6) is 0 Å². The van der Waals surface area contributed by atoms with Crippen molar-refractivity contribution in [1.29, 1.82) is 0 Å². The van der Waals surface area contributed by atoms with Gasteiger partial charge in [0.25, 0.3) is 0 Å². The standard InChI is InChI=1S/C7H11F3O2.H3N/c1-3-4-5(2)12-6(11)7(8,9)10;/h5H,3-4H2,1-2H3;1H3. The third-order valence-electron chi connectivity index (χ3n) is 1.23. The van der Waals surface area contributed by atoms with Gasteiger partial charge in [-0.05, 0) is 13.3 Å². The van der Waals surface area contributed by atoms with Crippen molar-refractivity contribution in [2.75, 3.05) is 0 Å². The first-order chi connectivity index (χ1) is 5.38. The van der Waals surface area contributed by atoms with E-state index in [-0.39, 0.29) is 6.15 Å². The second kappa shape index (κ2) is 5.80. The zero-order valence-electron chi connectivity index (χ0n) is 7.65. The highest BCUT2D eigenvalue weighted by Gasteiger charge is 2.41. The Kier molecular flexibility index (Phi) is 6.57. The lowest BCUT2D eigenvalue weighted by Crippen LogP contribution is -2.28. The van der Waals surface area contributed by atoms with Crippen molar-refractivity contribution in [3.63, 3.8) is 0 Å². The smallest absolute Gasteiger partial charge is 0.456 e. The summed E-state index contributed by atoms with van der Waals surface area (Å²) >= 11 is 0. The molecule has 0 fully saturated rings. The topological polar surface area (TPSA) is 61.3 Å². The lowest BCUT2D eigenvalue weighted by Gasteiger charge is -2.12. The van der Waals surface area contributed by atoms with Gasteiger partial charge in [0.2, 0.25) is 0 Å².